The van der Waals surface area contributed by atoms with Crippen molar-refractivity contribution < 1.29 is 43.0 Å². The number of nitro groups is 1. The van der Waals surface area contributed by atoms with E-state index in [4.69, 9.17) is 18.9 Å². The fourth-order valence-electron chi connectivity index (χ4n) is 6.14. The molecule has 3 atom stereocenters. The fraction of sp³-hybridized carbons (Fsp3) is 0.436. The number of thioether (sulfide) groups is 1. The number of benzene rings is 3. The molecule has 3 aromatic carbocycles. The van der Waals surface area contributed by atoms with Crippen molar-refractivity contribution in [1.29, 1.82) is 0 Å². The maximum atomic E-state index is 13.3. The van der Waals surface area contributed by atoms with E-state index in [0.717, 1.165) is 29.9 Å². The maximum absolute atomic E-state index is 13.3. The average Bonchev–Trinajstić information content (AvgIpc) is 3.77. The second kappa shape index (κ2) is 22.8. The van der Waals surface area contributed by atoms with Gasteiger partial charge < -0.3 is 45.5 Å². The molecule has 0 radical (unpaired) electrons. The van der Waals surface area contributed by atoms with E-state index < -0.39 is 4.92 Å². The summed E-state index contributed by atoms with van der Waals surface area (Å²) < 4.78 is 22.0. The number of carbonyl (C=O) groups is 4. The minimum atomic E-state index is -0.466. The van der Waals surface area contributed by atoms with Gasteiger partial charge in [0.1, 0.15) is 5.75 Å². The summed E-state index contributed by atoms with van der Waals surface area (Å²) in [6.45, 7) is 2.87. The molecular weight excluding hydrogens is 777 g/mol. The third-order valence-electron chi connectivity index (χ3n) is 9.04. The number of rotatable bonds is 24. The third-order valence-corrected chi connectivity index (χ3v) is 11.6. The van der Waals surface area contributed by atoms with E-state index in [-0.39, 0.29) is 54.7 Å². The van der Waals surface area contributed by atoms with Gasteiger partial charge in [-0.2, -0.15) is 11.8 Å². The van der Waals surface area contributed by atoms with Crippen molar-refractivity contribution in [1.82, 2.24) is 21.3 Å². The Hall–Kier alpha value is -4.88. The molecule has 5 amide bonds. The molecular formula is C39H48N6O10S2. The molecule has 3 aromatic rings. The first-order valence-corrected chi connectivity index (χ1v) is 20.6. The Kier molecular flexibility index (Phi) is 17.3. The Balaban J connectivity index is 0.881. The van der Waals surface area contributed by atoms with Gasteiger partial charge >= 0.3 is 6.03 Å². The Morgan fingerprint density at radius 1 is 0.877 bits per heavy atom. The molecule has 16 nitrogen and oxygen atoms in total. The summed E-state index contributed by atoms with van der Waals surface area (Å²) in [5.74, 6) is 0.528. The molecule has 18 heteroatoms. The zero-order valence-electron chi connectivity index (χ0n) is 31.6. The molecule has 5 N–H and O–H groups in total. The zero-order valence-corrected chi connectivity index (χ0v) is 33.3. The summed E-state index contributed by atoms with van der Waals surface area (Å²) in [6, 6.07) is 18.2. The number of methoxy groups -OCH3 is 1. The van der Waals surface area contributed by atoms with Crippen molar-refractivity contribution in [2.24, 2.45) is 0 Å². The zero-order chi connectivity index (χ0) is 40.4. The number of fused-ring (bicyclic) bond motifs is 1. The number of carbonyl (C=O) groups excluding carboxylic acids is 4. The molecule has 0 saturated carbocycles. The molecule has 0 spiro atoms. The van der Waals surface area contributed by atoms with Crippen molar-refractivity contribution in [2.45, 2.75) is 52.8 Å². The van der Waals surface area contributed by atoms with Crippen LogP contribution in [-0.2, 0) is 19.0 Å². The first-order chi connectivity index (χ1) is 27.7. The highest BCUT2D eigenvalue weighted by atomic mass is 32.2. The van der Waals surface area contributed by atoms with Crippen LogP contribution in [0.25, 0.3) is 0 Å². The first-order valence-electron chi connectivity index (χ1n) is 18.7. The van der Waals surface area contributed by atoms with E-state index in [2.05, 4.69) is 26.6 Å². The molecule has 2 fully saturated rings. The van der Waals surface area contributed by atoms with Crippen LogP contribution in [0.2, 0.25) is 0 Å². The summed E-state index contributed by atoms with van der Waals surface area (Å²) in [6.07, 6.45) is 3.21. The number of nitro benzene ring substituents is 1. The molecule has 3 unspecified atom stereocenters. The number of non-ortho nitro benzene ring substituents is 1. The van der Waals surface area contributed by atoms with Crippen molar-refractivity contribution in [3.8, 4) is 5.75 Å². The number of hydrogen-bond donors (Lipinski definition) is 5. The quantitative estimate of drug-likeness (QED) is 0.0363. The van der Waals surface area contributed by atoms with Gasteiger partial charge in [-0.1, -0.05) is 30.3 Å². The number of nitrogens with one attached hydrogen (secondary N) is 5. The molecule has 0 aromatic heterocycles. The molecule has 306 valence electrons. The van der Waals surface area contributed by atoms with Crippen LogP contribution in [0.1, 0.15) is 46.4 Å². The predicted molar refractivity (Wildman–Crippen MR) is 216 cm³/mol. The minimum Gasteiger partial charge on any atom is -0.495 e. The van der Waals surface area contributed by atoms with E-state index in [9.17, 15) is 29.3 Å². The Bertz CT molecular complexity index is 1840. The van der Waals surface area contributed by atoms with Gasteiger partial charge in [-0.25, -0.2) is 4.79 Å². The van der Waals surface area contributed by atoms with E-state index in [1.807, 2.05) is 11.8 Å². The monoisotopic (exact) mass is 824 g/mol. The largest absolute Gasteiger partial charge is 0.495 e. The van der Waals surface area contributed by atoms with E-state index in [1.54, 1.807) is 48.5 Å². The van der Waals surface area contributed by atoms with Crippen molar-refractivity contribution in [3.05, 3.63) is 88.0 Å². The Morgan fingerprint density at radius 2 is 1.58 bits per heavy atom. The summed E-state index contributed by atoms with van der Waals surface area (Å²) >= 11 is 3.19. The lowest BCUT2D eigenvalue weighted by Gasteiger charge is -2.16. The summed E-state index contributed by atoms with van der Waals surface area (Å²) in [7, 11) is 1.44. The van der Waals surface area contributed by atoms with E-state index in [1.165, 1.54) is 37.1 Å². The minimum absolute atomic E-state index is 0.00761. The highest BCUT2D eigenvalue weighted by Crippen LogP contribution is 2.34. The van der Waals surface area contributed by atoms with Crippen LogP contribution in [0.4, 0.5) is 16.2 Å². The molecule has 0 aliphatic carbocycles. The first kappa shape index (κ1) is 43.2. The lowest BCUT2D eigenvalue weighted by Crippen LogP contribution is -2.36. The van der Waals surface area contributed by atoms with Crippen LogP contribution in [0.5, 0.6) is 5.75 Å². The van der Waals surface area contributed by atoms with Crippen molar-refractivity contribution in [3.63, 3.8) is 0 Å². The SMILES string of the molecule is COc1cc(C(=O)NCCOCCOCCOCCNC(=O)CCCCC2SCC3NC(=O)NC32)ccc1NC(=O)c1ccccc1Sc1ccc([N+](=O)[O-])cc1. The molecule has 2 saturated heterocycles. The van der Waals surface area contributed by atoms with Gasteiger partial charge in [0.2, 0.25) is 5.91 Å². The maximum Gasteiger partial charge on any atom is 0.315 e. The topological polar surface area (TPSA) is 208 Å². The number of urea groups is 1. The molecule has 0 bridgehead atoms. The van der Waals surface area contributed by atoms with Gasteiger partial charge in [-0.3, -0.25) is 24.5 Å². The second-order valence-corrected chi connectivity index (χ2v) is 15.4. The summed E-state index contributed by atoms with van der Waals surface area (Å²) in [5.41, 5.74) is 1.10. The highest BCUT2D eigenvalue weighted by Gasteiger charge is 2.42. The van der Waals surface area contributed by atoms with Crippen molar-refractivity contribution >= 4 is 58.7 Å². The third kappa shape index (κ3) is 13.6. The fourth-order valence-corrected chi connectivity index (χ4v) is 8.62. The molecule has 2 aliphatic rings. The number of hydrogen-bond acceptors (Lipinski definition) is 12. The summed E-state index contributed by atoms with van der Waals surface area (Å²) in [5, 5.41) is 25.8. The number of ether oxygens (including phenoxy) is 4. The lowest BCUT2D eigenvalue weighted by atomic mass is 10.0. The standard InChI is InChI=1S/C39H48N6O10S2/c1-52-32-24-26(10-15-30(32)42-38(48)29-6-2-3-7-33(29)57-28-13-11-27(12-14-28)45(50)51)37(47)41-17-19-54-21-23-55-22-20-53-18-16-40-35(46)9-5-4-8-34-36-31(25-56-34)43-39(49)44-36/h2-3,6-7,10-15,24,31,34,36H,4-5,8-9,16-23,25H2,1H3,(H,40,46)(H,41,47)(H,42,48)(H2,43,44,49). The number of amides is 5. The van der Waals surface area contributed by atoms with E-state index in [0.29, 0.717) is 78.7 Å². The van der Waals surface area contributed by atoms with Gasteiger partial charge in [0.25, 0.3) is 17.5 Å². The van der Waals surface area contributed by atoms with Crippen LogP contribution in [0.3, 0.4) is 0 Å². The molecule has 57 heavy (non-hydrogen) atoms. The molecule has 2 heterocycles. The Morgan fingerprint density at radius 3 is 2.30 bits per heavy atom. The lowest BCUT2D eigenvalue weighted by molar-refractivity contribution is -0.384. The van der Waals surface area contributed by atoms with Crippen LogP contribution in [-0.4, -0.2) is 112 Å². The van der Waals surface area contributed by atoms with Crippen LogP contribution in [0, 0.1) is 10.1 Å². The molecule has 2 aliphatic heterocycles. The molecule has 5 rings (SSSR count). The normalized spacial score (nSPS) is 16.9. The van der Waals surface area contributed by atoms with Crippen LogP contribution in [0.15, 0.2) is 76.5 Å². The second-order valence-electron chi connectivity index (χ2n) is 13.0. The number of anilines is 1. The summed E-state index contributed by atoms with van der Waals surface area (Å²) in [4.78, 5) is 61.6. The Labute approximate surface area is 339 Å². The van der Waals surface area contributed by atoms with Gasteiger partial charge in [0.15, 0.2) is 0 Å². The predicted octanol–water partition coefficient (Wildman–Crippen LogP) is 4.63. The van der Waals surface area contributed by atoms with Gasteiger partial charge in [-0.05, 0) is 55.3 Å². The van der Waals surface area contributed by atoms with Crippen LogP contribution < -0.4 is 31.3 Å². The number of nitrogens with zero attached hydrogens (tertiary/aromatic N) is 1. The van der Waals surface area contributed by atoms with E-state index >= 15 is 0 Å². The van der Waals surface area contributed by atoms with Gasteiger partial charge in [0, 0.05) is 58.0 Å². The van der Waals surface area contributed by atoms with Gasteiger partial charge in [0.05, 0.1) is 75.0 Å². The number of unbranched alkanes of at least 4 members (excludes halogenated alkanes) is 1. The van der Waals surface area contributed by atoms with Crippen LogP contribution >= 0.6 is 23.5 Å². The van der Waals surface area contributed by atoms with Crippen molar-refractivity contribution in [2.75, 3.05) is 70.9 Å². The average molecular weight is 825 g/mol. The van der Waals surface area contributed by atoms with Gasteiger partial charge in [-0.15, -0.1) is 0 Å². The smallest absolute Gasteiger partial charge is 0.315 e. The highest BCUT2D eigenvalue weighted by molar-refractivity contribution is 8.00.